The quantitative estimate of drug-likeness (QED) is 0.844. The van der Waals surface area contributed by atoms with Gasteiger partial charge in [-0.05, 0) is 25.0 Å². The molecular weight excluding hydrogens is 234 g/mol. The molecule has 1 fully saturated rings. The largest absolute Gasteiger partial charge is 0.391 e. The van der Waals surface area contributed by atoms with E-state index in [1.54, 1.807) is 3.96 Å². The van der Waals surface area contributed by atoms with Crippen molar-refractivity contribution in [3.8, 4) is 0 Å². The molecule has 1 aromatic heterocycles. The van der Waals surface area contributed by atoms with Crippen molar-refractivity contribution in [1.29, 1.82) is 0 Å². The Balaban J connectivity index is 2.11. The van der Waals surface area contributed by atoms with Gasteiger partial charge in [-0.2, -0.15) is 0 Å². The van der Waals surface area contributed by atoms with Crippen LogP contribution < -0.4 is 5.56 Å². The Morgan fingerprint density at radius 1 is 1.24 bits per heavy atom. The van der Waals surface area contributed by atoms with E-state index in [4.69, 9.17) is 0 Å². The van der Waals surface area contributed by atoms with Crippen LogP contribution in [0.4, 0.5) is 0 Å². The first kappa shape index (κ1) is 11.0. The summed E-state index contributed by atoms with van der Waals surface area (Å²) in [7, 11) is 0. The lowest BCUT2D eigenvalue weighted by Crippen LogP contribution is -2.31. The molecule has 1 saturated carbocycles. The number of nitrogens with zero attached hydrogens (tertiary/aromatic N) is 1. The highest BCUT2D eigenvalue weighted by Crippen LogP contribution is 2.30. The molecule has 1 aliphatic rings. The minimum Gasteiger partial charge on any atom is -0.391 e. The van der Waals surface area contributed by atoms with Gasteiger partial charge in [0, 0.05) is 0 Å². The molecule has 0 amide bonds. The third kappa shape index (κ3) is 1.81. The summed E-state index contributed by atoms with van der Waals surface area (Å²) < 4.78 is 2.78. The van der Waals surface area contributed by atoms with E-state index in [1.807, 2.05) is 24.3 Å². The van der Waals surface area contributed by atoms with Crippen molar-refractivity contribution < 1.29 is 5.11 Å². The highest BCUT2D eigenvalue weighted by atomic mass is 32.1. The van der Waals surface area contributed by atoms with Crippen molar-refractivity contribution in [1.82, 2.24) is 3.96 Å². The fourth-order valence-electron chi connectivity index (χ4n) is 2.57. The first-order valence-electron chi connectivity index (χ1n) is 6.06. The second kappa shape index (κ2) is 4.27. The molecule has 1 aromatic carbocycles. The number of aliphatic hydroxyl groups is 1. The molecule has 1 heterocycles. The first-order valence-corrected chi connectivity index (χ1v) is 6.83. The summed E-state index contributed by atoms with van der Waals surface area (Å²) >= 11 is 1.48. The molecule has 1 aliphatic carbocycles. The predicted octanol–water partition coefficient (Wildman–Crippen LogP) is 2.54. The average molecular weight is 249 g/mol. The fraction of sp³-hybridized carbons (Fsp3) is 0.462. The van der Waals surface area contributed by atoms with Gasteiger partial charge in [0.05, 0.1) is 22.2 Å². The zero-order valence-corrected chi connectivity index (χ0v) is 10.3. The van der Waals surface area contributed by atoms with Crippen LogP contribution in [0.3, 0.4) is 0 Å². The minimum absolute atomic E-state index is 0.0198. The number of hydrogen-bond acceptors (Lipinski definition) is 3. The van der Waals surface area contributed by atoms with Gasteiger partial charge in [0.1, 0.15) is 0 Å². The molecule has 3 nitrogen and oxygen atoms in total. The summed E-state index contributed by atoms with van der Waals surface area (Å²) in [5.74, 6) is 0. The van der Waals surface area contributed by atoms with Crippen molar-refractivity contribution in [2.75, 3.05) is 0 Å². The third-order valence-electron chi connectivity index (χ3n) is 3.51. The van der Waals surface area contributed by atoms with Gasteiger partial charge in [-0.25, -0.2) is 0 Å². The van der Waals surface area contributed by atoms with E-state index in [2.05, 4.69) is 0 Å². The molecule has 0 bridgehead atoms. The molecule has 2 unspecified atom stereocenters. The van der Waals surface area contributed by atoms with Gasteiger partial charge in [-0.1, -0.05) is 36.5 Å². The molecular formula is C13H15NO2S. The van der Waals surface area contributed by atoms with Gasteiger partial charge < -0.3 is 5.11 Å². The third-order valence-corrected chi connectivity index (χ3v) is 4.70. The average Bonchev–Trinajstić information content (AvgIpc) is 2.68. The molecule has 0 spiro atoms. The summed E-state index contributed by atoms with van der Waals surface area (Å²) in [6, 6.07) is 7.64. The summed E-state index contributed by atoms with van der Waals surface area (Å²) in [5, 5.41) is 10.8. The summed E-state index contributed by atoms with van der Waals surface area (Å²) in [6.45, 7) is 0. The molecule has 3 rings (SSSR count). The summed E-state index contributed by atoms with van der Waals surface area (Å²) in [4.78, 5) is 12.2. The standard InChI is InChI=1S/C13H15NO2S/c15-11-7-3-2-6-10(11)14-13(16)9-5-1-4-8-12(9)17-14/h1,4-5,8,10-11,15H,2-3,6-7H2. The molecule has 1 N–H and O–H groups in total. The molecule has 0 radical (unpaired) electrons. The maximum Gasteiger partial charge on any atom is 0.268 e. The van der Waals surface area contributed by atoms with Crippen LogP contribution in [0.5, 0.6) is 0 Å². The molecule has 0 aliphatic heterocycles. The van der Waals surface area contributed by atoms with E-state index in [1.165, 1.54) is 11.5 Å². The number of aliphatic hydroxyl groups excluding tert-OH is 1. The minimum atomic E-state index is -0.366. The van der Waals surface area contributed by atoms with Crippen molar-refractivity contribution in [3.05, 3.63) is 34.6 Å². The van der Waals surface area contributed by atoms with E-state index in [9.17, 15) is 9.90 Å². The molecule has 4 heteroatoms. The Bertz CT molecular complexity index is 586. The summed E-state index contributed by atoms with van der Waals surface area (Å²) in [6.07, 6.45) is 3.52. The fourth-order valence-corrected chi connectivity index (χ4v) is 3.74. The first-order chi connectivity index (χ1) is 8.27. The Hall–Kier alpha value is -1.13. The highest BCUT2D eigenvalue weighted by Gasteiger charge is 2.27. The molecule has 2 aromatic rings. The number of hydrogen-bond donors (Lipinski definition) is 1. The number of aromatic nitrogens is 1. The van der Waals surface area contributed by atoms with E-state index in [-0.39, 0.29) is 17.7 Å². The summed E-state index contributed by atoms with van der Waals surface area (Å²) in [5.41, 5.74) is 0.0524. The van der Waals surface area contributed by atoms with Crippen LogP contribution in [0.1, 0.15) is 31.7 Å². The van der Waals surface area contributed by atoms with Crippen molar-refractivity contribution in [3.63, 3.8) is 0 Å². The van der Waals surface area contributed by atoms with Crippen molar-refractivity contribution >= 4 is 21.6 Å². The Kier molecular flexibility index (Phi) is 2.76. The van der Waals surface area contributed by atoms with Gasteiger partial charge >= 0.3 is 0 Å². The monoisotopic (exact) mass is 249 g/mol. The lowest BCUT2D eigenvalue weighted by molar-refractivity contribution is 0.0792. The second-order valence-electron chi connectivity index (χ2n) is 4.64. The van der Waals surface area contributed by atoms with Crippen molar-refractivity contribution in [2.45, 2.75) is 37.8 Å². The van der Waals surface area contributed by atoms with Crippen LogP contribution in [0.15, 0.2) is 29.1 Å². The number of benzene rings is 1. The molecule has 0 saturated heterocycles. The van der Waals surface area contributed by atoms with Crippen LogP contribution in [0.2, 0.25) is 0 Å². The molecule has 90 valence electrons. The van der Waals surface area contributed by atoms with Crippen molar-refractivity contribution in [2.24, 2.45) is 0 Å². The van der Waals surface area contributed by atoms with Crippen LogP contribution in [-0.2, 0) is 0 Å². The van der Waals surface area contributed by atoms with Gasteiger partial charge in [0.25, 0.3) is 5.56 Å². The van der Waals surface area contributed by atoms with Crippen LogP contribution in [0.25, 0.3) is 10.1 Å². The topological polar surface area (TPSA) is 42.2 Å². The Morgan fingerprint density at radius 3 is 2.76 bits per heavy atom. The molecule has 17 heavy (non-hydrogen) atoms. The number of fused-ring (bicyclic) bond motifs is 1. The lowest BCUT2D eigenvalue weighted by atomic mass is 9.93. The SMILES string of the molecule is O=c1c2ccccc2sn1C1CCCCC1O. The van der Waals surface area contributed by atoms with E-state index >= 15 is 0 Å². The number of rotatable bonds is 1. The zero-order chi connectivity index (χ0) is 11.8. The van der Waals surface area contributed by atoms with E-state index in [0.29, 0.717) is 0 Å². The normalized spacial score (nSPS) is 25.2. The Morgan fingerprint density at radius 2 is 2.00 bits per heavy atom. The maximum absolute atomic E-state index is 12.2. The van der Waals surface area contributed by atoms with Gasteiger partial charge in [-0.3, -0.25) is 8.75 Å². The van der Waals surface area contributed by atoms with E-state index in [0.717, 1.165) is 35.8 Å². The smallest absolute Gasteiger partial charge is 0.268 e. The van der Waals surface area contributed by atoms with Gasteiger partial charge in [0.2, 0.25) is 0 Å². The van der Waals surface area contributed by atoms with Crippen LogP contribution in [0, 0.1) is 0 Å². The lowest BCUT2D eigenvalue weighted by Gasteiger charge is -2.27. The van der Waals surface area contributed by atoms with E-state index < -0.39 is 0 Å². The van der Waals surface area contributed by atoms with Crippen LogP contribution >= 0.6 is 11.5 Å². The van der Waals surface area contributed by atoms with Crippen LogP contribution in [-0.4, -0.2) is 15.2 Å². The Labute approximate surface area is 103 Å². The maximum atomic E-state index is 12.2. The molecule has 2 atom stereocenters. The van der Waals surface area contributed by atoms with Gasteiger partial charge in [-0.15, -0.1) is 0 Å². The van der Waals surface area contributed by atoms with Gasteiger partial charge in [0.15, 0.2) is 0 Å². The highest BCUT2D eigenvalue weighted by molar-refractivity contribution is 7.13. The second-order valence-corrected chi connectivity index (χ2v) is 5.65. The predicted molar refractivity (Wildman–Crippen MR) is 69.6 cm³/mol. The zero-order valence-electron chi connectivity index (χ0n) is 9.50.